The highest BCUT2D eigenvalue weighted by atomic mass is 15.0. The lowest BCUT2D eigenvalue weighted by molar-refractivity contribution is 0.785. The summed E-state index contributed by atoms with van der Waals surface area (Å²) < 4.78 is 4.78. The van der Waals surface area contributed by atoms with Gasteiger partial charge in [-0.15, -0.1) is 0 Å². The lowest BCUT2D eigenvalue weighted by atomic mass is 9.69. The van der Waals surface area contributed by atoms with Crippen LogP contribution in [0.5, 0.6) is 0 Å². The molecule has 2 aliphatic carbocycles. The number of aromatic nitrogens is 2. The zero-order chi connectivity index (χ0) is 38.5. The molecule has 0 fully saturated rings. The first-order valence-corrected chi connectivity index (χ1v) is 20.2. The molecule has 0 saturated carbocycles. The molecule has 0 radical (unpaired) electrons. The van der Waals surface area contributed by atoms with Gasteiger partial charge in [0.05, 0.1) is 27.7 Å². The van der Waals surface area contributed by atoms with E-state index < -0.39 is 5.41 Å². The molecule has 2 aliphatic rings. The maximum Gasteiger partial charge on any atom is 0.0726 e. The van der Waals surface area contributed by atoms with Gasteiger partial charge in [0.15, 0.2) is 0 Å². The average Bonchev–Trinajstić information content (AvgIpc) is 4.01. The summed E-state index contributed by atoms with van der Waals surface area (Å²) in [5, 5.41) is 6.21. The Labute approximate surface area is 337 Å². The number of allylic oxidation sites excluding steroid dienone is 5. The standard InChI is InChI=1S/C56H38N2/c1-3-14-42-45-28-27-40(35-51(45)56(48(42)4-2)49-21-10-7-18-43(49)44-19-8-11-22-50(44)56)58-54-23-12-9-20-46(54)47-34-38(26-30-55(47)58)37-25-29-52-39(33-37)31-32-57(52)53-24-13-16-36-15-5-6-17-41(36)53/h3-35H,2H2,1H3/b14-3-. The van der Waals surface area contributed by atoms with E-state index in [9.17, 15) is 0 Å². The van der Waals surface area contributed by atoms with Crippen LogP contribution in [0.1, 0.15) is 29.2 Å². The highest BCUT2D eigenvalue weighted by Gasteiger charge is 2.51. The summed E-state index contributed by atoms with van der Waals surface area (Å²) in [5.41, 5.74) is 18.2. The van der Waals surface area contributed by atoms with Crippen molar-refractivity contribution in [1.82, 2.24) is 9.13 Å². The molecular weight excluding hydrogens is 701 g/mol. The zero-order valence-electron chi connectivity index (χ0n) is 32.2. The highest BCUT2D eigenvalue weighted by Crippen LogP contribution is 2.62. The van der Waals surface area contributed by atoms with Crippen LogP contribution in [0.15, 0.2) is 213 Å². The van der Waals surface area contributed by atoms with E-state index >= 15 is 0 Å². The largest absolute Gasteiger partial charge is 0.316 e. The van der Waals surface area contributed by atoms with Crippen LogP contribution in [0, 0.1) is 0 Å². The molecule has 0 bridgehead atoms. The van der Waals surface area contributed by atoms with Crippen molar-refractivity contribution in [3.63, 3.8) is 0 Å². The minimum absolute atomic E-state index is 0.466. The van der Waals surface area contributed by atoms with Crippen molar-refractivity contribution >= 4 is 49.1 Å². The molecule has 1 spiro atoms. The van der Waals surface area contributed by atoms with E-state index in [-0.39, 0.29) is 0 Å². The van der Waals surface area contributed by atoms with Crippen LogP contribution in [0.3, 0.4) is 0 Å². The van der Waals surface area contributed by atoms with Gasteiger partial charge in [-0.3, -0.25) is 0 Å². The summed E-state index contributed by atoms with van der Waals surface area (Å²) in [5.74, 6) is 0. The SMILES string of the molecule is C=CC1=C(/C=C\C)c2ccc(-n3c4ccccc4c4cc(-c5ccc6c(ccn6-c6cccc7ccccc67)c5)ccc43)cc2C12c1ccccc1-c1ccccc12. The van der Waals surface area contributed by atoms with E-state index in [1.165, 1.54) is 105 Å². The highest BCUT2D eigenvalue weighted by molar-refractivity contribution is 6.11. The molecule has 2 aromatic heterocycles. The maximum atomic E-state index is 4.45. The third kappa shape index (κ3) is 4.32. The third-order valence-electron chi connectivity index (χ3n) is 12.9. The minimum atomic E-state index is -0.466. The van der Waals surface area contributed by atoms with E-state index in [2.05, 4.69) is 223 Å². The van der Waals surface area contributed by atoms with Crippen LogP contribution in [0.2, 0.25) is 0 Å². The molecule has 0 unspecified atom stereocenters. The van der Waals surface area contributed by atoms with Crippen molar-refractivity contribution in [2.45, 2.75) is 12.3 Å². The van der Waals surface area contributed by atoms with E-state index in [0.29, 0.717) is 0 Å². The number of benzene rings is 8. The summed E-state index contributed by atoms with van der Waals surface area (Å²) >= 11 is 0. The van der Waals surface area contributed by atoms with Gasteiger partial charge in [-0.05, 0) is 123 Å². The first kappa shape index (κ1) is 32.8. The van der Waals surface area contributed by atoms with Crippen molar-refractivity contribution in [3.8, 4) is 33.6 Å². The van der Waals surface area contributed by atoms with Gasteiger partial charge in [-0.25, -0.2) is 0 Å². The first-order chi connectivity index (χ1) is 28.7. The Bertz CT molecular complexity index is 3380. The van der Waals surface area contributed by atoms with E-state index in [1.54, 1.807) is 0 Å². The molecule has 10 aromatic rings. The molecule has 12 rings (SSSR count). The minimum Gasteiger partial charge on any atom is -0.316 e. The van der Waals surface area contributed by atoms with Gasteiger partial charge in [0.1, 0.15) is 0 Å². The molecule has 0 N–H and O–H groups in total. The summed E-state index contributed by atoms with van der Waals surface area (Å²) in [6.45, 7) is 6.56. The quantitative estimate of drug-likeness (QED) is 0.166. The fourth-order valence-electron chi connectivity index (χ4n) is 10.5. The Kier molecular flexibility index (Phi) is 6.95. The monoisotopic (exact) mass is 738 g/mol. The van der Waals surface area contributed by atoms with Crippen molar-refractivity contribution in [2.24, 2.45) is 0 Å². The smallest absolute Gasteiger partial charge is 0.0726 e. The van der Waals surface area contributed by atoms with Crippen molar-refractivity contribution in [3.05, 3.63) is 235 Å². The van der Waals surface area contributed by atoms with Crippen molar-refractivity contribution in [1.29, 1.82) is 0 Å². The molecule has 272 valence electrons. The predicted molar refractivity (Wildman–Crippen MR) is 244 cm³/mol. The normalized spacial score (nSPS) is 14.0. The fourth-order valence-corrected chi connectivity index (χ4v) is 10.5. The van der Waals surface area contributed by atoms with Gasteiger partial charge in [0.25, 0.3) is 0 Å². The topological polar surface area (TPSA) is 9.86 Å². The van der Waals surface area contributed by atoms with Crippen LogP contribution >= 0.6 is 0 Å². The second-order valence-corrected chi connectivity index (χ2v) is 15.6. The van der Waals surface area contributed by atoms with Crippen molar-refractivity contribution < 1.29 is 0 Å². The molecule has 2 heteroatoms. The Morgan fingerprint density at radius 1 is 0.500 bits per heavy atom. The third-order valence-corrected chi connectivity index (χ3v) is 12.9. The van der Waals surface area contributed by atoms with Crippen LogP contribution in [0.4, 0.5) is 0 Å². The van der Waals surface area contributed by atoms with Crippen molar-refractivity contribution in [2.75, 3.05) is 0 Å². The second-order valence-electron chi connectivity index (χ2n) is 15.6. The van der Waals surface area contributed by atoms with Crippen LogP contribution in [-0.4, -0.2) is 9.13 Å². The fraction of sp³-hybridized carbons (Fsp3) is 0.0357. The number of fused-ring (bicyclic) bond motifs is 12. The molecular formula is C56H38N2. The Hall–Kier alpha value is -7.42. The summed E-state index contributed by atoms with van der Waals surface area (Å²) in [6, 6.07) is 65.1. The van der Waals surface area contributed by atoms with Gasteiger partial charge < -0.3 is 9.13 Å². The first-order valence-electron chi connectivity index (χ1n) is 20.2. The predicted octanol–water partition coefficient (Wildman–Crippen LogP) is 14.4. The Balaban J connectivity index is 1.03. The Morgan fingerprint density at radius 3 is 1.97 bits per heavy atom. The summed E-state index contributed by atoms with van der Waals surface area (Å²) in [7, 11) is 0. The summed E-state index contributed by atoms with van der Waals surface area (Å²) in [4.78, 5) is 0. The lowest BCUT2D eigenvalue weighted by Gasteiger charge is -2.31. The molecule has 0 atom stereocenters. The van der Waals surface area contributed by atoms with Gasteiger partial charge in [0, 0.05) is 33.4 Å². The molecule has 0 saturated heterocycles. The number of hydrogen-bond donors (Lipinski definition) is 0. The summed E-state index contributed by atoms with van der Waals surface area (Å²) in [6.07, 6.45) is 8.73. The van der Waals surface area contributed by atoms with E-state index in [1.807, 2.05) is 0 Å². The number of rotatable bonds is 5. The molecule has 58 heavy (non-hydrogen) atoms. The van der Waals surface area contributed by atoms with Crippen LogP contribution in [-0.2, 0) is 5.41 Å². The molecule has 0 amide bonds. The lowest BCUT2D eigenvalue weighted by Crippen LogP contribution is -2.26. The number of nitrogens with zero attached hydrogens (tertiary/aromatic N) is 2. The number of para-hydroxylation sites is 1. The van der Waals surface area contributed by atoms with Gasteiger partial charge in [0.2, 0.25) is 0 Å². The van der Waals surface area contributed by atoms with E-state index in [4.69, 9.17) is 0 Å². The van der Waals surface area contributed by atoms with Crippen LogP contribution < -0.4 is 0 Å². The molecule has 8 aromatic carbocycles. The molecule has 2 heterocycles. The molecule has 0 aliphatic heterocycles. The Morgan fingerprint density at radius 2 is 1.17 bits per heavy atom. The second kappa shape index (κ2) is 12.3. The van der Waals surface area contributed by atoms with Gasteiger partial charge in [-0.1, -0.05) is 146 Å². The van der Waals surface area contributed by atoms with Gasteiger partial charge in [-0.2, -0.15) is 0 Å². The van der Waals surface area contributed by atoms with Gasteiger partial charge >= 0.3 is 0 Å². The van der Waals surface area contributed by atoms with Crippen LogP contribution in [0.25, 0.3) is 82.7 Å². The maximum absolute atomic E-state index is 4.45. The van der Waals surface area contributed by atoms with E-state index in [0.717, 1.165) is 5.69 Å². The number of hydrogen-bond acceptors (Lipinski definition) is 0. The zero-order valence-corrected chi connectivity index (χ0v) is 32.2. The molecule has 2 nitrogen and oxygen atoms in total. The average molecular weight is 739 g/mol.